The first-order chi connectivity index (χ1) is 8.95. The summed E-state index contributed by atoms with van der Waals surface area (Å²) in [5.41, 5.74) is 3.25. The highest BCUT2D eigenvalue weighted by molar-refractivity contribution is 5.31. The molecule has 0 saturated carbocycles. The van der Waals surface area contributed by atoms with Crippen molar-refractivity contribution >= 4 is 0 Å². The molecular formula is C15H25N3O. The molecule has 0 aromatic carbocycles. The lowest BCUT2D eigenvalue weighted by Crippen LogP contribution is -2.31. The summed E-state index contributed by atoms with van der Waals surface area (Å²) in [6.45, 7) is 13.0. The van der Waals surface area contributed by atoms with Crippen LogP contribution in [0.3, 0.4) is 0 Å². The summed E-state index contributed by atoms with van der Waals surface area (Å²) in [5, 5.41) is 3.39. The first-order valence-corrected chi connectivity index (χ1v) is 7.20. The van der Waals surface area contributed by atoms with E-state index in [2.05, 4.69) is 19.2 Å². The summed E-state index contributed by atoms with van der Waals surface area (Å²) >= 11 is 0. The van der Waals surface area contributed by atoms with E-state index < -0.39 is 5.60 Å². The monoisotopic (exact) mass is 263 g/mol. The van der Waals surface area contributed by atoms with Gasteiger partial charge in [-0.1, -0.05) is 13.8 Å². The first kappa shape index (κ1) is 14.4. The minimum absolute atomic E-state index is 0.422. The number of nitrogens with zero attached hydrogens (tertiary/aromatic N) is 2. The van der Waals surface area contributed by atoms with Crippen molar-refractivity contribution in [1.82, 2.24) is 15.3 Å². The highest BCUT2D eigenvalue weighted by Gasteiger charge is 2.28. The summed E-state index contributed by atoms with van der Waals surface area (Å²) in [5.74, 6) is 1.23. The standard InChI is InChI=1S/C15H25N3O/c1-6-19-15(4,5)14-17-12-9-16-8-7-11(12)13(18-14)10(2)3/h10,16H,6-9H2,1-5H3. The molecule has 1 N–H and O–H groups in total. The highest BCUT2D eigenvalue weighted by atomic mass is 16.5. The van der Waals surface area contributed by atoms with E-state index in [1.165, 1.54) is 11.3 Å². The van der Waals surface area contributed by atoms with Crippen molar-refractivity contribution in [3.8, 4) is 0 Å². The molecule has 19 heavy (non-hydrogen) atoms. The second kappa shape index (κ2) is 5.55. The second-order valence-electron chi connectivity index (χ2n) is 5.88. The summed E-state index contributed by atoms with van der Waals surface area (Å²) in [7, 11) is 0. The Bertz CT molecular complexity index is 455. The van der Waals surface area contributed by atoms with E-state index in [4.69, 9.17) is 14.7 Å². The Morgan fingerprint density at radius 2 is 2.05 bits per heavy atom. The van der Waals surface area contributed by atoms with Crippen LogP contribution in [0.5, 0.6) is 0 Å². The molecule has 0 spiro atoms. The Balaban J connectivity index is 2.49. The molecule has 4 heteroatoms. The molecule has 1 aromatic heterocycles. The fraction of sp³-hybridized carbons (Fsp3) is 0.733. The van der Waals surface area contributed by atoms with E-state index in [1.54, 1.807) is 0 Å². The van der Waals surface area contributed by atoms with Gasteiger partial charge in [0.2, 0.25) is 0 Å². The molecule has 2 heterocycles. The molecule has 1 aliphatic rings. The normalized spacial score (nSPS) is 15.7. The Morgan fingerprint density at radius 3 is 2.68 bits per heavy atom. The van der Waals surface area contributed by atoms with Crippen molar-refractivity contribution < 1.29 is 4.74 Å². The second-order valence-corrected chi connectivity index (χ2v) is 5.88. The number of fused-ring (bicyclic) bond motifs is 1. The summed E-state index contributed by atoms with van der Waals surface area (Å²) < 4.78 is 5.80. The average molecular weight is 263 g/mol. The van der Waals surface area contributed by atoms with Gasteiger partial charge in [0.1, 0.15) is 5.60 Å². The third-order valence-electron chi connectivity index (χ3n) is 3.56. The Kier molecular flexibility index (Phi) is 4.21. The molecule has 1 aliphatic heterocycles. The quantitative estimate of drug-likeness (QED) is 0.906. The molecule has 1 aromatic rings. The van der Waals surface area contributed by atoms with Crippen LogP contribution in [0.15, 0.2) is 0 Å². The molecule has 0 bridgehead atoms. The third kappa shape index (κ3) is 2.95. The lowest BCUT2D eigenvalue weighted by atomic mass is 9.96. The van der Waals surface area contributed by atoms with Gasteiger partial charge < -0.3 is 10.1 Å². The third-order valence-corrected chi connectivity index (χ3v) is 3.56. The Hall–Kier alpha value is -1.00. The molecule has 0 aliphatic carbocycles. The zero-order valence-corrected chi connectivity index (χ0v) is 12.7. The minimum Gasteiger partial charge on any atom is -0.368 e. The zero-order valence-electron chi connectivity index (χ0n) is 12.7. The van der Waals surface area contributed by atoms with Crippen LogP contribution in [-0.2, 0) is 23.3 Å². The molecule has 0 radical (unpaired) electrons. The molecule has 0 saturated heterocycles. The van der Waals surface area contributed by atoms with Crippen molar-refractivity contribution in [3.63, 3.8) is 0 Å². The first-order valence-electron chi connectivity index (χ1n) is 7.20. The van der Waals surface area contributed by atoms with Crippen LogP contribution in [0.2, 0.25) is 0 Å². The molecule has 2 rings (SSSR count). The molecule has 4 nitrogen and oxygen atoms in total. The highest BCUT2D eigenvalue weighted by Crippen LogP contribution is 2.28. The number of ether oxygens (including phenoxy) is 1. The predicted molar refractivity (Wildman–Crippen MR) is 76.2 cm³/mol. The van der Waals surface area contributed by atoms with Crippen LogP contribution in [0.1, 0.15) is 63.3 Å². The van der Waals surface area contributed by atoms with E-state index in [9.17, 15) is 0 Å². The fourth-order valence-corrected chi connectivity index (χ4v) is 2.56. The van der Waals surface area contributed by atoms with Crippen molar-refractivity contribution in [3.05, 3.63) is 22.8 Å². The van der Waals surface area contributed by atoms with E-state index in [-0.39, 0.29) is 0 Å². The number of nitrogens with one attached hydrogen (secondary N) is 1. The molecule has 0 amide bonds. The largest absolute Gasteiger partial charge is 0.368 e. The number of hydrogen-bond donors (Lipinski definition) is 1. The predicted octanol–water partition coefficient (Wildman–Crippen LogP) is 2.52. The van der Waals surface area contributed by atoms with Crippen LogP contribution in [0.25, 0.3) is 0 Å². The van der Waals surface area contributed by atoms with Crippen LogP contribution in [0.4, 0.5) is 0 Å². The van der Waals surface area contributed by atoms with Gasteiger partial charge in [-0.3, -0.25) is 0 Å². The van der Waals surface area contributed by atoms with Gasteiger partial charge in [0, 0.05) is 13.2 Å². The van der Waals surface area contributed by atoms with Gasteiger partial charge in [-0.05, 0) is 45.2 Å². The van der Waals surface area contributed by atoms with Gasteiger partial charge in [0.15, 0.2) is 5.82 Å². The minimum atomic E-state index is -0.426. The van der Waals surface area contributed by atoms with Crippen LogP contribution in [-0.4, -0.2) is 23.1 Å². The molecule has 0 fully saturated rings. The van der Waals surface area contributed by atoms with Crippen molar-refractivity contribution in [2.45, 2.75) is 59.1 Å². The van der Waals surface area contributed by atoms with Gasteiger partial charge >= 0.3 is 0 Å². The SMILES string of the molecule is CCOC(C)(C)c1nc2c(c(C(C)C)n1)CCNC2. The van der Waals surface area contributed by atoms with E-state index in [0.29, 0.717) is 12.5 Å². The van der Waals surface area contributed by atoms with Crippen molar-refractivity contribution in [2.75, 3.05) is 13.2 Å². The van der Waals surface area contributed by atoms with E-state index in [0.717, 1.165) is 31.0 Å². The Labute approximate surface area is 116 Å². The van der Waals surface area contributed by atoms with Gasteiger partial charge in [-0.15, -0.1) is 0 Å². The average Bonchev–Trinajstić information content (AvgIpc) is 2.37. The topological polar surface area (TPSA) is 47.0 Å². The van der Waals surface area contributed by atoms with Gasteiger partial charge in [0.25, 0.3) is 0 Å². The van der Waals surface area contributed by atoms with E-state index in [1.807, 2.05) is 20.8 Å². The zero-order chi connectivity index (χ0) is 14.0. The van der Waals surface area contributed by atoms with Crippen LogP contribution >= 0.6 is 0 Å². The maximum absolute atomic E-state index is 5.80. The summed E-state index contributed by atoms with van der Waals surface area (Å²) in [4.78, 5) is 9.56. The lowest BCUT2D eigenvalue weighted by Gasteiger charge is -2.27. The number of rotatable bonds is 4. The van der Waals surface area contributed by atoms with Crippen LogP contribution < -0.4 is 5.32 Å². The summed E-state index contributed by atoms with van der Waals surface area (Å²) in [6.07, 6.45) is 1.03. The molecule has 0 atom stereocenters. The Morgan fingerprint density at radius 1 is 1.32 bits per heavy atom. The molecule has 106 valence electrons. The van der Waals surface area contributed by atoms with Crippen molar-refractivity contribution in [2.24, 2.45) is 0 Å². The smallest absolute Gasteiger partial charge is 0.160 e. The maximum Gasteiger partial charge on any atom is 0.160 e. The van der Waals surface area contributed by atoms with E-state index >= 15 is 0 Å². The number of hydrogen-bond acceptors (Lipinski definition) is 4. The molecule has 0 unspecified atom stereocenters. The lowest BCUT2D eigenvalue weighted by molar-refractivity contribution is -0.0212. The van der Waals surface area contributed by atoms with Crippen molar-refractivity contribution in [1.29, 1.82) is 0 Å². The van der Waals surface area contributed by atoms with Gasteiger partial charge in [-0.2, -0.15) is 0 Å². The molecular weight excluding hydrogens is 238 g/mol. The van der Waals surface area contributed by atoms with Crippen LogP contribution in [0, 0.1) is 0 Å². The van der Waals surface area contributed by atoms with Gasteiger partial charge in [0.05, 0.1) is 11.4 Å². The maximum atomic E-state index is 5.80. The summed E-state index contributed by atoms with van der Waals surface area (Å²) in [6, 6.07) is 0. The number of aromatic nitrogens is 2. The van der Waals surface area contributed by atoms with Gasteiger partial charge in [-0.25, -0.2) is 9.97 Å². The fourth-order valence-electron chi connectivity index (χ4n) is 2.56.